The van der Waals surface area contributed by atoms with E-state index in [-0.39, 0.29) is 0 Å². The van der Waals surface area contributed by atoms with Crippen LogP contribution in [0.3, 0.4) is 0 Å². The maximum Gasteiger partial charge on any atom is 0.0482 e. The molecule has 1 unspecified atom stereocenters. The molecule has 3 rings (SSSR count). The number of aryl methyl sites for hydroxylation is 1. The van der Waals surface area contributed by atoms with Crippen molar-refractivity contribution in [3.05, 3.63) is 70.4 Å². The van der Waals surface area contributed by atoms with Crippen LogP contribution in [-0.2, 0) is 13.5 Å². The number of rotatable bonds is 4. The van der Waals surface area contributed by atoms with Crippen molar-refractivity contribution in [3.8, 4) is 0 Å². The first-order valence-electron chi connectivity index (χ1n) is 7.60. The van der Waals surface area contributed by atoms with Crippen LogP contribution in [0.4, 0.5) is 0 Å². The number of benzene rings is 2. The van der Waals surface area contributed by atoms with Crippen LogP contribution in [0.15, 0.2) is 48.5 Å². The predicted octanol–water partition coefficient (Wildman–Crippen LogP) is 4.43. The molecule has 0 saturated carbocycles. The summed E-state index contributed by atoms with van der Waals surface area (Å²) in [7, 11) is 2.12. The molecule has 3 heteroatoms. The highest BCUT2D eigenvalue weighted by molar-refractivity contribution is 6.30. The summed E-state index contributed by atoms with van der Waals surface area (Å²) in [5.41, 5.74) is 11.3. The molecule has 114 valence electrons. The maximum atomic E-state index is 6.12. The van der Waals surface area contributed by atoms with E-state index in [1.807, 2.05) is 12.1 Å². The zero-order chi connectivity index (χ0) is 15.7. The van der Waals surface area contributed by atoms with Crippen molar-refractivity contribution in [1.29, 1.82) is 0 Å². The Bertz CT molecular complexity index is 787. The molecule has 0 spiro atoms. The van der Waals surface area contributed by atoms with E-state index in [0.29, 0.717) is 12.5 Å². The van der Waals surface area contributed by atoms with Crippen molar-refractivity contribution in [2.75, 3.05) is 6.54 Å². The number of hydrogen-bond donors (Lipinski definition) is 1. The number of para-hydroxylation sites is 1. The third kappa shape index (κ3) is 2.65. The second-order valence-electron chi connectivity index (χ2n) is 5.84. The molecule has 3 aromatic rings. The van der Waals surface area contributed by atoms with Crippen LogP contribution in [0, 0.1) is 6.92 Å². The molecular weight excluding hydrogens is 292 g/mol. The summed E-state index contributed by atoms with van der Waals surface area (Å²) in [6.45, 7) is 2.82. The van der Waals surface area contributed by atoms with Gasteiger partial charge in [-0.1, -0.05) is 41.9 Å². The fourth-order valence-corrected chi connectivity index (χ4v) is 3.40. The van der Waals surface area contributed by atoms with E-state index in [1.165, 1.54) is 27.7 Å². The van der Waals surface area contributed by atoms with Crippen molar-refractivity contribution in [2.45, 2.75) is 19.3 Å². The first kappa shape index (κ1) is 15.1. The Morgan fingerprint density at radius 3 is 2.45 bits per heavy atom. The first-order valence-corrected chi connectivity index (χ1v) is 7.98. The lowest BCUT2D eigenvalue weighted by molar-refractivity contribution is 0.688. The van der Waals surface area contributed by atoms with E-state index >= 15 is 0 Å². The zero-order valence-corrected chi connectivity index (χ0v) is 13.8. The SMILES string of the molecule is Cc1c(C(CN)Cc2ccc(Cl)cc2)c2ccccc2n1C. The van der Waals surface area contributed by atoms with E-state index in [9.17, 15) is 0 Å². The molecule has 0 saturated heterocycles. The predicted molar refractivity (Wildman–Crippen MR) is 94.6 cm³/mol. The van der Waals surface area contributed by atoms with Gasteiger partial charge in [-0.25, -0.2) is 0 Å². The molecule has 0 amide bonds. The minimum absolute atomic E-state index is 0.312. The van der Waals surface area contributed by atoms with Gasteiger partial charge in [0.15, 0.2) is 0 Å². The van der Waals surface area contributed by atoms with E-state index in [0.717, 1.165) is 11.4 Å². The van der Waals surface area contributed by atoms with Gasteiger partial charge in [-0.05, 0) is 49.2 Å². The number of nitrogens with zero attached hydrogens (tertiary/aromatic N) is 1. The highest BCUT2D eigenvalue weighted by Crippen LogP contribution is 2.32. The van der Waals surface area contributed by atoms with E-state index in [4.69, 9.17) is 17.3 Å². The van der Waals surface area contributed by atoms with Gasteiger partial charge >= 0.3 is 0 Å². The number of halogens is 1. The lowest BCUT2D eigenvalue weighted by atomic mass is 9.90. The lowest BCUT2D eigenvalue weighted by Gasteiger charge is -2.16. The van der Waals surface area contributed by atoms with Crippen LogP contribution < -0.4 is 5.73 Å². The monoisotopic (exact) mass is 312 g/mol. The van der Waals surface area contributed by atoms with Gasteiger partial charge < -0.3 is 10.3 Å². The van der Waals surface area contributed by atoms with Gasteiger partial charge in [0.1, 0.15) is 0 Å². The molecule has 0 aliphatic heterocycles. The van der Waals surface area contributed by atoms with Crippen LogP contribution >= 0.6 is 11.6 Å². The van der Waals surface area contributed by atoms with Crippen LogP contribution in [0.1, 0.15) is 22.7 Å². The summed E-state index contributed by atoms with van der Waals surface area (Å²) < 4.78 is 2.26. The molecule has 2 nitrogen and oxygen atoms in total. The molecule has 0 radical (unpaired) electrons. The Hall–Kier alpha value is -1.77. The Labute approximate surface area is 136 Å². The fraction of sp³-hybridized carbons (Fsp3) is 0.263. The summed E-state index contributed by atoms with van der Waals surface area (Å²) in [4.78, 5) is 0. The minimum Gasteiger partial charge on any atom is -0.348 e. The molecule has 2 aromatic carbocycles. The molecule has 0 fully saturated rings. The molecule has 2 N–H and O–H groups in total. The van der Waals surface area contributed by atoms with Crippen LogP contribution in [-0.4, -0.2) is 11.1 Å². The second kappa shape index (κ2) is 6.15. The molecule has 22 heavy (non-hydrogen) atoms. The number of nitrogens with two attached hydrogens (primary N) is 1. The van der Waals surface area contributed by atoms with Gasteiger partial charge in [-0.15, -0.1) is 0 Å². The standard InChI is InChI=1S/C19H21ClN2/c1-13-19(17-5-3-4-6-18(17)22(13)2)15(12-21)11-14-7-9-16(20)10-8-14/h3-10,15H,11-12,21H2,1-2H3. The van der Waals surface area contributed by atoms with Crippen molar-refractivity contribution < 1.29 is 0 Å². The average molecular weight is 313 g/mol. The van der Waals surface area contributed by atoms with Gasteiger partial charge in [0.25, 0.3) is 0 Å². The Morgan fingerprint density at radius 2 is 1.77 bits per heavy atom. The topological polar surface area (TPSA) is 30.9 Å². The van der Waals surface area contributed by atoms with E-state index in [2.05, 4.69) is 54.9 Å². The van der Waals surface area contributed by atoms with Gasteiger partial charge in [-0.3, -0.25) is 0 Å². The molecule has 1 atom stereocenters. The number of hydrogen-bond acceptors (Lipinski definition) is 1. The average Bonchev–Trinajstić information content (AvgIpc) is 2.79. The fourth-order valence-electron chi connectivity index (χ4n) is 3.27. The zero-order valence-electron chi connectivity index (χ0n) is 13.0. The summed E-state index contributed by atoms with van der Waals surface area (Å²) in [6.07, 6.45) is 0.933. The normalized spacial score (nSPS) is 12.7. The quantitative estimate of drug-likeness (QED) is 0.759. The summed E-state index contributed by atoms with van der Waals surface area (Å²) in [5, 5.41) is 2.08. The van der Waals surface area contributed by atoms with E-state index in [1.54, 1.807) is 0 Å². The summed E-state index contributed by atoms with van der Waals surface area (Å²) >= 11 is 5.98. The molecule has 0 aliphatic carbocycles. The first-order chi connectivity index (χ1) is 10.6. The summed E-state index contributed by atoms with van der Waals surface area (Å²) in [6, 6.07) is 16.6. The molecule has 1 aromatic heterocycles. The maximum absolute atomic E-state index is 6.12. The second-order valence-corrected chi connectivity index (χ2v) is 6.27. The molecular formula is C19H21ClN2. The molecule has 1 heterocycles. The molecule has 0 bridgehead atoms. The third-order valence-corrected chi connectivity index (χ3v) is 4.79. The van der Waals surface area contributed by atoms with Crippen molar-refractivity contribution in [2.24, 2.45) is 12.8 Å². The number of fused-ring (bicyclic) bond motifs is 1. The molecule has 0 aliphatic rings. The third-order valence-electron chi connectivity index (χ3n) is 4.54. The highest BCUT2D eigenvalue weighted by Gasteiger charge is 2.20. The Balaban J connectivity index is 2.04. The van der Waals surface area contributed by atoms with Gasteiger partial charge in [0.2, 0.25) is 0 Å². The van der Waals surface area contributed by atoms with Crippen molar-refractivity contribution in [1.82, 2.24) is 4.57 Å². The van der Waals surface area contributed by atoms with Crippen LogP contribution in [0.5, 0.6) is 0 Å². The minimum atomic E-state index is 0.312. The van der Waals surface area contributed by atoms with Gasteiger partial charge in [-0.2, -0.15) is 0 Å². The highest BCUT2D eigenvalue weighted by atomic mass is 35.5. The number of aromatic nitrogens is 1. The largest absolute Gasteiger partial charge is 0.348 e. The Morgan fingerprint density at radius 1 is 1.09 bits per heavy atom. The van der Waals surface area contributed by atoms with Crippen molar-refractivity contribution >= 4 is 22.5 Å². The van der Waals surface area contributed by atoms with E-state index < -0.39 is 0 Å². The Kier molecular flexibility index (Phi) is 4.23. The van der Waals surface area contributed by atoms with Gasteiger partial charge in [0.05, 0.1) is 0 Å². The van der Waals surface area contributed by atoms with Crippen LogP contribution in [0.2, 0.25) is 5.02 Å². The van der Waals surface area contributed by atoms with Gasteiger partial charge in [0, 0.05) is 34.6 Å². The summed E-state index contributed by atoms with van der Waals surface area (Å²) in [5.74, 6) is 0.312. The smallest absolute Gasteiger partial charge is 0.0482 e. The lowest BCUT2D eigenvalue weighted by Crippen LogP contribution is -2.16. The van der Waals surface area contributed by atoms with Crippen molar-refractivity contribution in [3.63, 3.8) is 0 Å². The van der Waals surface area contributed by atoms with Crippen LogP contribution in [0.25, 0.3) is 10.9 Å².